The molecule has 7 nitrogen and oxygen atoms in total. The number of nitrogens with one attached hydrogen (secondary N) is 1. The molecule has 0 spiro atoms. The first-order chi connectivity index (χ1) is 14.4. The van der Waals surface area contributed by atoms with Crippen molar-refractivity contribution in [2.75, 3.05) is 0 Å². The number of para-hydroxylation sites is 1. The summed E-state index contributed by atoms with van der Waals surface area (Å²) >= 11 is 2.45. The number of amides is 3. The van der Waals surface area contributed by atoms with Gasteiger partial charge in [-0.25, -0.2) is 14.2 Å². The van der Waals surface area contributed by atoms with Gasteiger partial charge in [0.2, 0.25) is 5.91 Å². The maximum atomic E-state index is 14.6. The van der Waals surface area contributed by atoms with E-state index in [0.29, 0.717) is 10.2 Å². The lowest BCUT2D eigenvalue weighted by Gasteiger charge is -2.16. The van der Waals surface area contributed by atoms with Crippen LogP contribution in [0.2, 0.25) is 0 Å². The number of rotatable bonds is 4. The zero-order valence-electron chi connectivity index (χ0n) is 16.1. The molecule has 3 aromatic rings. The Hall–Kier alpha value is -2.72. The van der Waals surface area contributed by atoms with Crippen LogP contribution in [0.4, 0.5) is 9.18 Å². The van der Waals surface area contributed by atoms with Gasteiger partial charge >= 0.3 is 6.03 Å². The van der Waals surface area contributed by atoms with Crippen molar-refractivity contribution >= 4 is 45.3 Å². The molecule has 3 amide bonds. The number of halogens is 1. The maximum Gasteiger partial charge on any atom is 0.318 e. The number of benzene rings is 1. The highest BCUT2D eigenvalue weighted by atomic mass is 32.2. The molecule has 10 heteroatoms. The standard InChI is InChI=1S/C20H19FN4O3S2/c1-10(16(26)23-19(22)28)29-20-24-17-15(11-6-2-5-9-14(11)30-17)18(27)25(20)13-8-4-3-7-12(13)21/h3-4,7-8,10H,2,5-6,9H2,1H3,(H3,22,23,26,28). The topological polar surface area (TPSA) is 107 Å². The number of hydrogen-bond acceptors (Lipinski definition) is 6. The number of urea groups is 1. The van der Waals surface area contributed by atoms with Crippen LogP contribution in [0.25, 0.3) is 15.9 Å². The molecule has 0 bridgehead atoms. The smallest absolute Gasteiger partial charge is 0.318 e. The number of hydrogen-bond donors (Lipinski definition) is 2. The van der Waals surface area contributed by atoms with Crippen LogP contribution in [-0.4, -0.2) is 26.7 Å². The summed E-state index contributed by atoms with van der Waals surface area (Å²) in [4.78, 5) is 43.1. The predicted octanol–water partition coefficient (Wildman–Crippen LogP) is 3.14. The number of nitrogens with two attached hydrogens (primary N) is 1. The average Bonchev–Trinajstić information content (AvgIpc) is 3.07. The number of aryl methyl sites for hydroxylation is 2. The number of imide groups is 1. The highest BCUT2D eigenvalue weighted by molar-refractivity contribution is 8.00. The molecule has 1 aliphatic rings. The molecule has 0 saturated heterocycles. The van der Waals surface area contributed by atoms with Crippen LogP contribution in [0.3, 0.4) is 0 Å². The first-order valence-electron chi connectivity index (χ1n) is 9.46. The van der Waals surface area contributed by atoms with Gasteiger partial charge in [-0.05, 0) is 50.3 Å². The second-order valence-electron chi connectivity index (χ2n) is 6.99. The van der Waals surface area contributed by atoms with Gasteiger partial charge in [0.1, 0.15) is 10.6 Å². The number of thiophene rings is 1. The Balaban J connectivity index is 1.91. The highest BCUT2D eigenvalue weighted by Crippen LogP contribution is 2.36. The van der Waals surface area contributed by atoms with Gasteiger partial charge in [0.05, 0.1) is 16.3 Å². The molecule has 0 aliphatic heterocycles. The third-order valence-corrected chi connectivity index (χ3v) is 7.19. The van der Waals surface area contributed by atoms with E-state index in [1.807, 2.05) is 5.32 Å². The number of fused-ring (bicyclic) bond motifs is 3. The summed E-state index contributed by atoms with van der Waals surface area (Å²) < 4.78 is 15.9. The number of aromatic nitrogens is 2. The fourth-order valence-corrected chi connectivity index (χ4v) is 5.77. The van der Waals surface area contributed by atoms with Gasteiger partial charge in [-0.1, -0.05) is 23.9 Å². The van der Waals surface area contributed by atoms with Crippen LogP contribution in [0.5, 0.6) is 0 Å². The van der Waals surface area contributed by atoms with Crippen molar-refractivity contribution in [3.05, 3.63) is 50.9 Å². The SMILES string of the molecule is CC(Sc1nc2sc3c(c2c(=O)n1-c1ccccc1F)CCCC3)C(=O)NC(N)=O. The molecular formula is C20H19FN4O3S2. The summed E-state index contributed by atoms with van der Waals surface area (Å²) in [6.07, 6.45) is 3.76. The van der Waals surface area contributed by atoms with E-state index < -0.39 is 23.0 Å². The largest absolute Gasteiger partial charge is 0.351 e. The average molecular weight is 447 g/mol. The van der Waals surface area contributed by atoms with Crippen molar-refractivity contribution in [2.45, 2.75) is 43.0 Å². The van der Waals surface area contributed by atoms with Gasteiger partial charge in [-0.2, -0.15) is 0 Å². The molecule has 30 heavy (non-hydrogen) atoms. The first kappa shape index (κ1) is 20.5. The van der Waals surface area contributed by atoms with E-state index in [1.165, 1.54) is 34.1 Å². The summed E-state index contributed by atoms with van der Waals surface area (Å²) in [7, 11) is 0. The fraction of sp³-hybridized carbons (Fsp3) is 0.300. The van der Waals surface area contributed by atoms with E-state index >= 15 is 0 Å². The summed E-state index contributed by atoms with van der Waals surface area (Å²) in [5, 5.41) is 1.94. The van der Waals surface area contributed by atoms with Crippen molar-refractivity contribution in [1.29, 1.82) is 0 Å². The van der Waals surface area contributed by atoms with Crippen LogP contribution >= 0.6 is 23.1 Å². The van der Waals surface area contributed by atoms with Crippen molar-refractivity contribution in [2.24, 2.45) is 5.73 Å². The minimum atomic E-state index is -0.965. The molecule has 1 unspecified atom stereocenters. The van der Waals surface area contributed by atoms with E-state index in [0.717, 1.165) is 47.9 Å². The summed E-state index contributed by atoms with van der Waals surface area (Å²) in [6.45, 7) is 1.56. The Labute approximate surface area is 179 Å². The summed E-state index contributed by atoms with van der Waals surface area (Å²) in [6, 6.07) is 4.98. The van der Waals surface area contributed by atoms with Crippen LogP contribution < -0.4 is 16.6 Å². The number of primary amides is 1. The van der Waals surface area contributed by atoms with Crippen LogP contribution in [0, 0.1) is 5.82 Å². The lowest BCUT2D eigenvalue weighted by Crippen LogP contribution is -2.39. The zero-order chi connectivity index (χ0) is 21.4. The molecule has 156 valence electrons. The molecular weight excluding hydrogens is 427 g/mol. The lowest BCUT2D eigenvalue weighted by molar-refractivity contribution is -0.119. The van der Waals surface area contributed by atoms with Gasteiger partial charge < -0.3 is 5.73 Å². The normalized spacial score (nSPS) is 14.3. The summed E-state index contributed by atoms with van der Waals surface area (Å²) in [5.74, 6) is -1.19. The fourth-order valence-electron chi connectivity index (χ4n) is 3.55. The molecule has 0 fully saturated rings. The number of carbonyl (C=O) groups excluding carboxylic acids is 2. The van der Waals surface area contributed by atoms with Gasteiger partial charge in [0.25, 0.3) is 5.56 Å². The predicted molar refractivity (Wildman–Crippen MR) is 115 cm³/mol. The van der Waals surface area contributed by atoms with Crippen molar-refractivity contribution in [3.8, 4) is 5.69 Å². The molecule has 2 heterocycles. The van der Waals surface area contributed by atoms with Gasteiger partial charge in [0, 0.05) is 4.88 Å². The van der Waals surface area contributed by atoms with Crippen molar-refractivity contribution < 1.29 is 14.0 Å². The minimum Gasteiger partial charge on any atom is -0.351 e. The third kappa shape index (κ3) is 3.72. The zero-order valence-corrected chi connectivity index (χ0v) is 17.7. The number of nitrogens with zero attached hydrogens (tertiary/aromatic N) is 2. The Kier molecular flexibility index (Phi) is 5.61. The molecule has 3 N–H and O–H groups in total. The van der Waals surface area contributed by atoms with Crippen LogP contribution in [0.1, 0.15) is 30.2 Å². The Morgan fingerprint density at radius 2 is 2.03 bits per heavy atom. The minimum absolute atomic E-state index is 0.0673. The number of carbonyl (C=O) groups is 2. The molecule has 1 aromatic carbocycles. The van der Waals surface area contributed by atoms with Crippen molar-refractivity contribution in [1.82, 2.24) is 14.9 Å². The lowest BCUT2D eigenvalue weighted by atomic mass is 9.97. The number of thioether (sulfide) groups is 1. The highest BCUT2D eigenvalue weighted by Gasteiger charge is 2.26. The molecule has 0 radical (unpaired) electrons. The van der Waals surface area contributed by atoms with Crippen LogP contribution in [0.15, 0.2) is 34.2 Å². The van der Waals surface area contributed by atoms with E-state index in [9.17, 15) is 18.8 Å². The molecule has 0 saturated carbocycles. The second kappa shape index (κ2) is 8.19. The Morgan fingerprint density at radius 1 is 1.30 bits per heavy atom. The quantitative estimate of drug-likeness (QED) is 0.473. The first-order valence-corrected chi connectivity index (χ1v) is 11.2. The van der Waals surface area contributed by atoms with E-state index in [4.69, 9.17) is 5.73 Å². The third-order valence-electron chi connectivity index (χ3n) is 4.95. The van der Waals surface area contributed by atoms with Crippen LogP contribution in [-0.2, 0) is 17.6 Å². The van der Waals surface area contributed by atoms with Gasteiger partial charge in [-0.15, -0.1) is 11.3 Å². The molecule has 4 rings (SSSR count). The Morgan fingerprint density at radius 3 is 2.77 bits per heavy atom. The second-order valence-corrected chi connectivity index (χ2v) is 9.38. The van der Waals surface area contributed by atoms with Gasteiger partial charge in [0.15, 0.2) is 5.16 Å². The van der Waals surface area contributed by atoms with Gasteiger partial charge in [-0.3, -0.25) is 19.5 Å². The van der Waals surface area contributed by atoms with E-state index in [-0.39, 0.29) is 16.4 Å². The Bertz CT molecular complexity index is 1220. The van der Waals surface area contributed by atoms with Crippen molar-refractivity contribution in [3.63, 3.8) is 0 Å². The molecule has 1 atom stereocenters. The monoisotopic (exact) mass is 446 g/mol. The maximum absolute atomic E-state index is 14.6. The van der Waals surface area contributed by atoms with E-state index in [2.05, 4.69) is 4.98 Å². The summed E-state index contributed by atoms with van der Waals surface area (Å²) in [5.41, 5.74) is 5.74. The molecule has 1 aliphatic carbocycles. The molecule has 2 aromatic heterocycles. The van der Waals surface area contributed by atoms with E-state index in [1.54, 1.807) is 13.0 Å².